The van der Waals surface area contributed by atoms with Gasteiger partial charge in [0.15, 0.2) is 15.6 Å². The van der Waals surface area contributed by atoms with Crippen LogP contribution < -0.4 is 5.32 Å². The number of carbonyl (C=O) groups is 1. The summed E-state index contributed by atoms with van der Waals surface area (Å²) in [6, 6.07) is 6.22. The van der Waals surface area contributed by atoms with Crippen LogP contribution in [-0.2, 0) is 30.7 Å². The van der Waals surface area contributed by atoms with Gasteiger partial charge in [-0.25, -0.2) is 13.5 Å². The maximum atomic E-state index is 12.9. The number of carbonyl (C=O) groups excluding carboxylic acids is 1. The average molecular weight is 370 g/mol. The van der Waals surface area contributed by atoms with E-state index >= 15 is 0 Å². The second-order valence-corrected chi connectivity index (χ2v) is 8.84. The van der Waals surface area contributed by atoms with Gasteiger partial charge in [-0.05, 0) is 25.0 Å². The second kappa shape index (κ2) is 6.65. The average Bonchev–Trinajstić information content (AvgIpc) is 3.15. The molecule has 0 aliphatic carbocycles. The van der Waals surface area contributed by atoms with Crippen LogP contribution in [0.25, 0.3) is 0 Å². The van der Waals surface area contributed by atoms with Crippen molar-refractivity contribution in [1.29, 1.82) is 0 Å². The van der Waals surface area contributed by atoms with Gasteiger partial charge in [0.1, 0.15) is 17.5 Å². The molecular weight excluding hydrogens is 348 g/mol. The summed E-state index contributed by atoms with van der Waals surface area (Å²) in [4.78, 5) is 11.0. The molecule has 1 aromatic carbocycles. The summed E-state index contributed by atoms with van der Waals surface area (Å²) in [5.74, 6) is -1.34. The molecule has 0 saturated carbocycles. The van der Waals surface area contributed by atoms with Gasteiger partial charge in [-0.3, -0.25) is 15.3 Å². The normalized spacial score (nSPS) is 26.2. The molecule has 1 fully saturated rings. The molecule has 3 atom stereocenters. The minimum atomic E-state index is -3.71. The molecular formula is C16H22N2O6S. The van der Waals surface area contributed by atoms with Crippen LogP contribution in [0.4, 0.5) is 0 Å². The van der Waals surface area contributed by atoms with Crippen LogP contribution in [0.5, 0.6) is 0 Å². The van der Waals surface area contributed by atoms with E-state index in [0.717, 1.165) is 5.56 Å². The maximum Gasteiger partial charge on any atom is 0.233 e. The van der Waals surface area contributed by atoms with E-state index in [-0.39, 0.29) is 13.0 Å². The molecule has 2 N–H and O–H groups in total. The second-order valence-electron chi connectivity index (χ2n) is 6.71. The summed E-state index contributed by atoms with van der Waals surface area (Å²) < 4.78 is 36.9. The largest absolute Gasteiger partial charge is 0.348 e. The lowest BCUT2D eigenvalue weighted by atomic mass is 10.1. The third-order valence-corrected chi connectivity index (χ3v) is 6.43. The standard InChI is InChI=1S/C16H22N2O6S/c1-16(2)23-8-14(24-16)13(18(20)10-19)9-25(21,22)15-12-6-4-3-5-11(12)7-17-15/h3-6,10,13-15,17,20H,7-9H2,1-2H3/t13?,14-,15?/m1/s1. The van der Waals surface area contributed by atoms with Gasteiger partial charge in [-0.1, -0.05) is 24.3 Å². The maximum absolute atomic E-state index is 12.9. The first-order chi connectivity index (χ1) is 11.7. The lowest BCUT2D eigenvalue weighted by Gasteiger charge is -2.28. The minimum Gasteiger partial charge on any atom is -0.348 e. The van der Waals surface area contributed by atoms with Gasteiger partial charge in [0.2, 0.25) is 6.41 Å². The zero-order valence-electron chi connectivity index (χ0n) is 14.1. The van der Waals surface area contributed by atoms with E-state index in [9.17, 15) is 18.4 Å². The predicted molar refractivity (Wildman–Crippen MR) is 88.2 cm³/mol. The number of hydrogen-bond acceptors (Lipinski definition) is 7. The summed E-state index contributed by atoms with van der Waals surface area (Å²) in [5.41, 5.74) is 1.62. The van der Waals surface area contributed by atoms with Crippen LogP contribution in [0, 0.1) is 0 Å². The summed E-state index contributed by atoms with van der Waals surface area (Å²) >= 11 is 0. The van der Waals surface area contributed by atoms with E-state index < -0.39 is 38.9 Å². The van der Waals surface area contributed by atoms with E-state index in [1.54, 1.807) is 26.0 Å². The van der Waals surface area contributed by atoms with Crippen LogP contribution in [-0.4, -0.2) is 55.4 Å². The number of rotatable bonds is 6. The molecule has 2 aliphatic rings. The van der Waals surface area contributed by atoms with Crippen LogP contribution in [0.1, 0.15) is 30.3 Å². The van der Waals surface area contributed by atoms with E-state index in [1.165, 1.54) is 0 Å². The predicted octanol–water partition coefficient (Wildman–Crippen LogP) is 0.571. The monoisotopic (exact) mass is 370 g/mol. The summed E-state index contributed by atoms with van der Waals surface area (Å²) in [5, 5.41) is 12.4. The van der Waals surface area contributed by atoms with Gasteiger partial charge >= 0.3 is 0 Å². The molecule has 2 aliphatic heterocycles. The van der Waals surface area contributed by atoms with Gasteiger partial charge in [0, 0.05) is 6.54 Å². The topological polar surface area (TPSA) is 105 Å². The summed E-state index contributed by atoms with van der Waals surface area (Å²) in [6.45, 7) is 3.93. The lowest BCUT2D eigenvalue weighted by molar-refractivity contribution is -0.182. The van der Waals surface area contributed by atoms with Crippen molar-refractivity contribution in [1.82, 2.24) is 10.4 Å². The van der Waals surface area contributed by atoms with Crippen LogP contribution in [0.3, 0.4) is 0 Å². The first-order valence-electron chi connectivity index (χ1n) is 8.00. The molecule has 2 heterocycles. The van der Waals surface area contributed by atoms with Crippen LogP contribution in [0.15, 0.2) is 24.3 Å². The molecule has 3 rings (SSSR count). The Bertz CT molecular complexity index is 751. The van der Waals surface area contributed by atoms with Gasteiger partial charge in [0.25, 0.3) is 0 Å². The molecule has 8 nitrogen and oxygen atoms in total. The molecule has 1 amide bonds. The number of fused-ring (bicyclic) bond motifs is 1. The van der Waals surface area contributed by atoms with E-state index in [1.807, 2.05) is 12.1 Å². The zero-order chi connectivity index (χ0) is 18.2. The van der Waals surface area contributed by atoms with Crippen molar-refractivity contribution < 1.29 is 27.9 Å². The molecule has 138 valence electrons. The van der Waals surface area contributed by atoms with Crippen molar-refractivity contribution in [2.24, 2.45) is 0 Å². The molecule has 0 aromatic heterocycles. The number of benzene rings is 1. The van der Waals surface area contributed by atoms with Crippen molar-refractivity contribution in [3.8, 4) is 0 Å². The highest BCUT2D eigenvalue weighted by molar-refractivity contribution is 7.91. The highest BCUT2D eigenvalue weighted by Gasteiger charge is 2.44. The molecule has 25 heavy (non-hydrogen) atoms. The number of nitrogens with one attached hydrogen (secondary N) is 1. The molecule has 0 spiro atoms. The highest BCUT2D eigenvalue weighted by Crippen LogP contribution is 2.32. The number of amides is 1. The van der Waals surface area contributed by atoms with Crippen LogP contribution >= 0.6 is 0 Å². The fraction of sp³-hybridized carbons (Fsp3) is 0.562. The number of hydrogen-bond donors (Lipinski definition) is 2. The smallest absolute Gasteiger partial charge is 0.233 e. The third-order valence-electron chi connectivity index (χ3n) is 4.48. The number of nitrogens with zero attached hydrogens (tertiary/aromatic N) is 1. The van der Waals surface area contributed by atoms with E-state index in [0.29, 0.717) is 17.2 Å². The Morgan fingerprint density at radius 3 is 2.80 bits per heavy atom. The van der Waals surface area contributed by atoms with E-state index in [2.05, 4.69) is 5.32 Å². The zero-order valence-corrected chi connectivity index (χ0v) is 14.9. The van der Waals surface area contributed by atoms with E-state index in [4.69, 9.17) is 9.47 Å². The Balaban J connectivity index is 1.83. The Morgan fingerprint density at radius 1 is 1.44 bits per heavy atom. The summed E-state index contributed by atoms with van der Waals surface area (Å²) in [6.07, 6.45) is -0.554. The van der Waals surface area contributed by atoms with Gasteiger partial charge in [-0.2, -0.15) is 0 Å². The SMILES string of the molecule is CC1(C)OC[C@H](C(CS(=O)(=O)C2NCc3ccccc32)N(O)C=O)O1. The van der Waals surface area contributed by atoms with Crippen molar-refractivity contribution >= 4 is 16.2 Å². The number of sulfone groups is 1. The van der Waals surface area contributed by atoms with Crippen molar-refractivity contribution in [2.75, 3.05) is 12.4 Å². The highest BCUT2D eigenvalue weighted by atomic mass is 32.2. The third kappa shape index (κ3) is 3.70. The Hall–Kier alpha value is -1.52. The van der Waals surface area contributed by atoms with Crippen molar-refractivity contribution in [2.45, 2.75) is 43.7 Å². The lowest BCUT2D eigenvalue weighted by Crippen LogP contribution is -2.48. The van der Waals surface area contributed by atoms with Crippen molar-refractivity contribution in [3.05, 3.63) is 35.4 Å². The summed E-state index contributed by atoms with van der Waals surface area (Å²) in [7, 11) is -3.71. The van der Waals surface area contributed by atoms with Crippen LogP contribution in [0.2, 0.25) is 0 Å². The molecule has 1 saturated heterocycles. The first-order valence-corrected chi connectivity index (χ1v) is 9.72. The van der Waals surface area contributed by atoms with Gasteiger partial charge in [-0.15, -0.1) is 0 Å². The Kier molecular flexibility index (Phi) is 4.86. The Morgan fingerprint density at radius 2 is 2.16 bits per heavy atom. The van der Waals surface area contributed by atoms with Gasteiger partial charge < -0.3 is 9.47 Å². The molecule has 2 unspecified atom stereocenters. The molecule has 0 radical (unpaired) electrons. The fourth-order valence-corrected chi connectivity index (χ4v) is 5.25. The number of ether oxygens (including phenoxy) is 2. The molecule has 9 heteroatoms. The minimum absolute atomic E-state index is 0.0900. The molecule has 1 aromatic rings. The first kappa shape index (κ1) is 18.3. The van der Waals surface area contributed by atoms with Crippen molar-refractivity contribution in [3.63, 3.8) is 0 Å². The van der Waals surface area contributed by atoms with Gasteiger partial charge in [0.05, 0.1) is 12.4 Å². The Labute approximate surface area is 146 Å². The quantitative estimate of drug-likeness (QED) is 0.428. The number of hydroxylamine groups is 2. The molecule has 0 bridgehead atoms. The fourth-order valence-electron chi connectivity index (χ4n) is 3.26.